The lowest BCUT2D eigenvalue weighted by Crippen LogP contribution is -2.34. The number of rotatable bonds is 6. The van der Waals surface area contributed by atoms with Crippen LogP contribution in [0.1, 0.15) is 22.8 Å². The van der Waals surface area contributed by atoms with Crippen molar-refractivity contribution in [2.24, 2.45) is 0 Å². The Kier molecular flexibility index (Phi) is 7.16. The maximum Gasteiger partial charge on any atom is 0.413 e. The van der Waals surface area contributed by atoms with E-state index in [9.17, 15) is 14.4 Å². The number of ether oxygens (including phenoxy) is 2. The monoisotopic (exact) mass is 374 g/mol. The van der Waals surface area contributed by atoms with Gasteiger partial charge in [-0.3, -0.25) is 10.1 Å². The first-order valence-corrected chi connectivity index (χ1v) is 8.64. The lowest BCUT2D eigenvalue weighted by molar-refractivity contribution is -0.123. The van der Waals surface area contributed by atoms with Crippen LogP contribution in [0, 0.1) is 6.92 Å². The molecule has 2 amide bonds. The highest BCUT2D eigenvalue weighted by atomic mass is 32.2. The summed E-state index contributed by atoms with van der Waals surface area (Å²) in [6, 6.07) is 10.9. The summed E-state index contributed by atoms with van der Waals surface area (Å²) in [4.78, 5) is 40.1. The Bertz CT molecular complexity index is 792. The average Bonchev–Trinajstić information content (AvgIpc) is 2.62. The largest absolute Gasteiger partial charge is 0.452 e. The maximum atomic E-state index is 12.3. The van der Waals surface area contributed by atoms with Gasteiger partial charge < -0.3 is 9.47 Å². The third kappa shape index (κ3) is 5.89. The molecule has 0 fully saturated rings. The van der Waals surface area contributed by atoms with E-state index in [-0.39, 0.29) is 12.2 Å². The molecule has 0 aliphatic carbocycles. The fourth-order valence-corrected chi connectivity index (χ4v) is 2.74. The van der Waals surface area contributed by atoms with Gasteiger partial charge in [-0.25, -0.2) is 14.6 Å². The lowest BCUT2D eigenvalue weighted by Gasteiger charge is -2.09. The van der Waals surface area contributed by atoms with Crippen LogP contribution in [0.15, 0.2) is 52.5 Å². The number of nitrogens with one attached hydrogen (secondary N) is 1. The fraction of sp³-hybridized carbons (Fsp3) is 0.222. The highest BCUT2D eigenvalue weighted by Crippen LogP contribution is 2.29. The molecule has 0 aliphatic heterocycles. The molecule has 0 aliphatic rings. The normalized spacial score (nSPS) is 10.1. The number of benzene rings is 1. The second-order valence-corrected chi connectivity index (χ2v) is 6.18. The maximum absolute atomic E-state index is 12.3. The Morgan fingerprint density at radius 1 is 1.12 bits per heavy atom. The minimum atomic E-state index is -0.884. The van der Waals surface area contributed by atoms with E-state index in [1.54, 1.807) is 25.3 Å². The first kappa shape index (κ1) is 19.5. The molecule has 0 atom stereocenters. The summed E-state index contributed by atoms with van der Waals surface area (Å²) in [6.45, 7) is 3.13. The van der Waals surface area contributed by atoms with Gasteiger partial charge in [0.2, 0.25) is 0 Å². The molecule has 0 spiro atoms. The van der Waals surface area contributed by atoms with Crippen LogP contribution in [0.25, 0.3) is 0 Å². The first-order chi connectivity index (χ1) is 12.5. The summed E-state index contributed by atoms with van der Waals surface area (Å²) in [5.41, 5.74) is 1.37. The first-order valence-electron chi connectivity index (χ1n) is 7.83. The summed E-state index contributed by atoms with van der Waals surface area (Å²) in [7, 11) is 0. The van der Waals surface area contributed by atoms with E-state index in [2.05, 4.69) is 9.72 Å². The Morgan fingerprint density at radius 3 is 2.54 bits per heavy atom. The highest BCUT2D eigenvalue weighted by Gasteiger charge is 2.17. The van der Waals surface area contributed by atoms with Crippen molar-refractivity contribution in [3.8, 4) is 0 Å². The summed E-state index contributed by atoms with van der Waals surface area (Å²) in [5, 5.41) is 2.41. The van der Waals surface area contributed by atoms with Crippen LogP contribution >= 0.6 is 11.8 Å². The second kappa shape index (κ2) is 9.57. The van der Waals surface area contributed by atoms with Crippen molar-refractivity contribution in [3.63, 3.8) is 0 Å². The van der Waals surface area contributed by atoms with Gasteiger partial charge in [-0.1, -0.05) is 29.5 Å². The standard InChI is InChI=1S/C18H18N2O5S/c1-3-24-18(23)20-15(21)11-25-17(22)14-5-4-10-19-16(14)26-13-8-6-12(2)7-9-13/h4-10H,3,11H2,1-2H3,(H,20,21,23). The predicted molar refractivity (Wildman–Crippen MR) is 95.0 cm³/mol. The molecular weight excluding hydrogens is 356 g/mol. The van der Waals surface area contributed by atoms with Crippen molar-refractivity contribution < 1.29 is 23.9 Å². The molecule has 136 valence electrons. The van der Waals surface area contributed by atoms with Gasteiger partial charge in [0.25, 0.3) is 5.91 Å². The van der Waals surface area contributed by atoms with E-state index in [1.165, 1.54) is 11.8 Å². The van der Waals surface area contributed by atoms with Crippen LogP contribution in [0.3, 0.4) is 0 Å². The number of alkyl carbamates (subject to hydrolysis) is 1. The molecule has 0 saturated heterocycles. The molecular formula is C18H18N2O5S. The Hall–Kier alpha value is -2.87. The van der Waals surface area contributed by atoms with Crippen LogP contribution in [0.4, 0.5) is 4.79 Å². The second-order valence-electron chi connectivity index (χ2n) is 5.12. The minimum Gasteiger partial charge on any atom is -0.452 e. The number of carbonyl (C=O) groups excluding carboxylic acids is 3. The molecule has 1 aromatic heterocycles. The Labute approximate surface area is 155 Å². The van der Waals surface area contributed by atoms with Crippen LogP contribution in [0.2, 0.25) is 0 Å². The zero-order chi connectivity index (χ0) is 18.9. The summed E-state index contributed by atoms with van der Waals surface area (Å²) in [5.74, 6) is -1.47. The molecule has 2 rings (SSSR count). The molecule has 0 unspecified atom stereocenters. The molecule has 0 saturated carbocycles. The molecule has 1 N–H and O–H groups in total. The highest BCUT2D eigenvalue weighted by molar-refractivity contribution is 7.99. The van der Waals surface area contributed by atoms with Crippen LogP contribution < -0.4 is 5.32 Å². The number of nitrogens with zero attached hydrogens (tertiary/aromatic N) is 1. The van der Waals surface area contributed by atoms with E-state index in [4.69, 9.17) is 4.74 Å². The number of carbonyl (C=O) groups is 3. The summed E-state index contributed by atoms with van der Waals surface area (Å²) < 4.78 is 9.53. The number of pyridine rings is 1. The molecule has 0 radical (unpaired) electrons. The van der Waals surface area contributed by atoms with Gasteiger partial charge in [0.05, 0.1) is 12.2 Å². The molecule has 2 aromatic rings. The third-order valence-electron chi connectivity index (χ3n) is 3.08. The number of aromatic nitrogens is 1. The fourth-order valence-electron chi connectivity index (χ4n) is 1.87. The smallest absolute Gasteiger partial charge is 0.413 e. The molecule has 1 aromatic carbocycles. The number of imide groups is 1. The number of aryl methyl sites for hydroxylation is 1. The molecule has 7 nitrogen and oxygen atoms in total. The quantitative estimate of drug-likeness (QED) is 0.777. The van der Waals surface area contributed by atoms with Gasteiger partial charge in [-0.15, -0.1) is 0 Å². The summed E-state index contributed by atoms with van der Waals surface area (Å²) in [6.07, 6.45) is 0.686. The van der Waals surface area contributed by atoms with Crippen LogP contribution in [-0.2, 0) is 14.3 Å². The van der Waals surface area contributed by atoms with E-state index in [0.717, 1.165) is 10.5 Å². The van der Waals surface area contributed by atoms with E-state index >= 15 is 0 Å². The number of hydrogen-bond donors (Lipinski definition) is 1. The predicted octanol–water partition coefficient (Wildman–Crippen LogP) is 2.97. The van der Waals surface area contributed by atoms with Gasteiger partial charge in [-0.05, 0) is 38.1 Å². The molecule has 26 heavy (non-hydrogen) atoms. The van der Waals surface area contributed by atoms with E-state index in [1.807, 2.05) is 36.5 Å². The van der Waals surface area contributed by atoms with Crippen molar-refractivity contribution in [1.29, 1.82) is 0 Å². The van der Waals surface area contributed by atoms with E-state index in [0.29, 0.717) is 5.03 Å². The van der Waals surface area contributed by atoms with Crippen molar-refractivity contribution in [1.82, 2.24) is 10.3 Å². The number of esters is 1. The van der Waals surface area contributed by atoms with Crippen LogP contribution in [0.5, 0.6) is 0 Å². The van der Waals surface area contributed by atoms with Crippen molar-refractivity contribution >= 4 is 29.7 Å². The molecule has 0 bridgehead atoms. The lowest BCUT2D eigenvalue weighted by atomic mass is 10.2. The minimum absolute atomic E-state index is 0.133. The van der Waals surface area contributed by atoms with Crippen molar-refractivity contribution in [3.05, 3.63) is 53.7 Å². The van der Waals surface area contributed by atoms with Gasteiger partial charge in [0.15, 0.2) is 6.61 Å². The zero-order valence-electron chi connectivity index (χ0n) is 14.4. The Balaban J connectivity index is 1.99. The van der Waals surface area contributed by atoms with Crippen LogP contribution in [-0.4, -0.2) is 36.2 Å². The van der Waals surface area contributed by atoms with Crippen molar-refractivity contribution in [2.75, 3.05) is 13.2 Å². The topological polar surface area (TPSA) is 94.6 Å². The van der Waals surface area contributed by atoms with E-state index < -0.39 is 24.6 Å². The third-order valence-corrected chi connectivity index (χ3v) is 4.10. The molecule has 8 heteroatoms. The van der Waals surface area contributed by atoms with Crippen molar-refractivity contribution in [2.45, 2.75) is 23.8 Å². The van der Waals surface area contributed by atoms with Gasteiger partial charge in [-0.2, -0.15) is 0 Å². The van der Waals surface area contributed by atoms with Gasteiger partial charge in [0.1, 0.15) is 5.03 Å². The number of hydrogen-bond acceptors (Lipinski definition) is 7. The SMILES string of the molecule is CCOC(=O)NC(=O)COC(=O)c1cccnc1Sc1ccc(C)cc1. The van der Waals surface area contributed by atoms with Gasteiger partial charge >= 0.3 is 12.1 Å². The van der Waals surface area contributed by atoms with Gasteiger partial charge in [0, 0.05) is 11.1 Å². The Morgan fingerprint density at radius 2 is 1.85 bits per heavy atom. The number of amides is 2. The average molecular weight is 374 g/mol. The summed E-state index contributed by atoms with van der Waals surface area (Å²) >= 11 is 1.32. The zero-order valence-corrected chi connectivity index (χ0v) is 15.2. The molecule has 1 heterocycles.